The maximum atomic E-state index is 12.4. The van der Waals surface area contributed by atoms with Crippen LogP contribution in [0.3, 0.4) is 0 Å². The molecule has 7 heteroatoms. The van der Waals surface area contributed by atoms with Crippen molar-refractivity contribution in [3.8, 4) is 0 Å². The largest absolute Gasteiger partial charge is 0.435 e. The fraction of sp³-hybridized carbons (Fsp3) is 0.286. The van der Waals surface area contributed by atoms with Gasteiger partial charge in [0.1, 0.15) is 5.82 Å². The third-order valence-corrected chi connectivity index (χ3v) is 3.68. The summed E-state index contributed by atoms with van der Waals surface area (Å²) in [5, 5.41) is 9.70. The molecule has 0 aliphatic carbocycles. The zero-order valence-electron chi connectivity index (χ0n) is 11.5. The molecule has 21 heavy (non-hydrogen) atoms. The third-order valence-electron chi connectivity index (χ3n) is 2.86. The summed E-state index contributed by atoms with van der Waals surface area (Å²) in [4.78, 5) is 1.13. The van der Waals surface area contributed by atoms with Crippen LogP contribution >= 0.6 is 11.8 Å². The van der Waals surface area contributed by atoms with E-state index in [9.17, 15) is 13.2 Å². The van der Waals surface area contributed by atoms with Crippen molar-refractivity contribution < 1.29 is 13.2 Å². The Morgan fingerprint density at radius 1 is 1.14 bits per heavy atom. The van der Waals surface area contributed by atoms with Crippen molar-refractivity contribution in [2.45, 2.75) is 24.5 Å². The number of nitrogens with zero attached hydrogens (tertiary/aromatic N) is 2. The van der Waals surface area contributed by atoms with Crippen LogP contribution in [0.2, 0.25) is 0 Å². The summed E-state index contributed by atoms with van der Waals surface area (Å²) >= 11 is 1.63. The van der Waals surface area contributed by atoms with E-state index >= 15 is 0 Å². The molecule has 0 amide bonds. The molecule has 0 fully saturated rings. The van der Waals surface area contributed by atoms with E-state index in [0.717, 1.165) is 22.1 Å². The monoisotopic (exact) mass is 313 g/mol. The van der Waals surface area contributed by atoms with Crippen LogP contribution in [-0.4, -0.2) is 16.5 Å². The van der Waals surface area contributed by atoms with Gasteiger partial charge in [0.2, 0.25) is 0 Å². The molecule has 3 nitrogen and oxygen atoms in total. The van der Waals surface area contributed by atoms with E-state index in [0.29, 0.717) is 12.4 Å². The molecule has 0 aliphatic rings. The van der Waals surface area contributed by atoms with Gasteiger partial charge in [0.25, 0.3) is 0 Å². The second-order valence-electron chi connectivity index (χ2n) is 4.47. The van der Waals surface area contributed by atoms with E-state index in [2.05, 4.69) is 21.6 Å². The van der Waals surface area contributed by atoms with Crippen molar-refractivity contribution >= 4 is 17.6 Å². The van der Waals surface area contributed by atoms with E-state index in [1.165, 1.54) is 6.07 Å². The molecule has 2 aromatic rings. The van der Waals surface area contributed by atoms with Gasteiger partial charge in [0.15, 0.2) is 5.69 Å². The Morgan fingerprint density at radius 2 is 1.90 bits per heavy atom. The van der Waals surface area contributed by atoms with Crippen LogP contribution in [0.25, 0.3) is 0 Å². The van der Waals surface area contributed by atoms with Crippen molar-refractivity contribution in [1.29, 1.82) is 0 Å². The fourth-order valence-corrected chi connectivity index (χ4v) is 2.47. The lowest BCUT2D eigenvalue weighted by Crippen LogP contribution is -2.10. The number of aryl methyl sites for hydroxylation is 1. The molecule has 0 saturated heterocycles. The number of anilines is 1. The minimum Gasteiger partial charge on any atom is -0.364 e. The normalized spacial score (nSPS) is 11.5. The lowest BCUT2D eigenvalue weighted by Gasteiger charge is -2.10. The van der Waals surface area contributed by atoms with Crippen molar-refractivity contribution in [3.05, 3.63) is 47.2 Å². The topological polar surface area (TPSA) is 37.8 Å². The number of alkyl halides is 3. The van der Waals surface area contributed by atoms with Crippen molar-refractivity contribution in [1.82, 2.24) is 10.2 Å². The minimum absolute atomic E-state index is 0.315. The molecule has 1 aromatic carbocycles. The van der Waals surface area contributed by atoms with Gasteiger partial charge in [-0.1, -0.05) is 12.1 Å². The fourth-order valence-electron chi connectivity index (χ4n) is 1.76. The molecule has 0 spiro atoms. The molecule has 0 radical (unpaired) electrons. The number of aromatic nitrogens is 2. The van der Waals surface area contributed by atoms with Crippen LogP contribution in [0.1, 0.15) is 16.8 Å². The van der Waals surface area contributed by atoms with Gasteiger partial charge in [-0.05, 0) is 42.5 Å². The third kappa shape index (κ3) is 4.10. The Morgan fingerprint density at radius 3 is 2.48 bits per heavy atom. The average Bonchev–Trinajstić information content (AvgIpc) is 2.45. The first kappa shape index (κ1) is 15.6. The number of hydrogen-bond acceptors (Lipinski definition) is 4. The molecule has 2 rings (SSSR count). The molecule has 1 heterocycles. The quantitative estimate of drug-likeness (QED) is 0.861. The summed E-state index contributed by atoms with van der Waals surface area (Å²) in [6, 6.07) is 8.25. The predicted octanol–water partition coefficient (Wildman–Crippen LogP) is 4.14. The average molecular weight is 313 g/mol. The van der Waals surface area contributed by atoms with Crippen LogP contribution in [0.4, 0.5) is 19.0 Å². The first-order valence-electron chi connectivity index (χ1n) is 6.18. The minimum atomic E-state index is -4.46. The second kappa shape index (κ2) is 6.34. The summed E-state index contributed by atoms with van der Waals surface area (Å²) in [5.74, 6) is 0.315. The van der Waals surface area contributed by atoms with Crippen LogP contribution in [0.5, 0.6) is 0 Å². The number of nitrogens with one attached hydrogen (secondary N) is 1. The highest BCUT2D eigenvalue weighted by Gasteiger charge is 2.32. The van der Waals surface area contributed by atoms with Gasteiger partial charge in [-0.2, -0.15) is 13.2 Å². The van der Waals surface area contributed by atoms with Crippen LogP contribution in [0, 0.1) is 6.92 Å². The van der Waals surface area contributed by atoms with Crippen molar-refractivity contribution in [2.75, 3.05) is 11.6 Å². The highest BCUT2D eigenvalue weighted by molar-refractivity contribution is 7.98. The van der Waals surface area contributed by atoms with E-state index in [1.54, 1.807) is 11.8 Å². The summed E-state index contributed by atoms with van der Waals surface area (Å²) in [6.07, 6.45) is -2.48. The Balaban J connectivity index is 2.07. The van der Waals surface area contributed by atoms with Crippen LogP contribution in [-0.2, 0) is 12.7 Å². The SMILES string of the molecule is CSc1cc(C)ccc1CNc1ccc(C(F)(F)F)nn1. The number of benzene rings is 1. The highest BCUT2D eigenvalue weighted by Crippen LogP contribution is 2.27. The number of halogens is 3. The van der Waals surface area contributed by atoms with Crippen molar-refractivity contribution in [2.24, 2.45) is 0 Å². The maximum absolute atomic E-state index is 12.4. The van der Waals surface area contributed by atoms with Gasteiger partial charge in [0, 0.05) is 11.4 Å². The Bertz CT molecular complexity index is 612. The molecular weight excluding hydrogens is 299 g/mol. The van der Waals surface area contributed by atoms with Gasteiger partial charge < -0.3 is 5.32 Å². The smallest absolute Gasteiger partial charge is 0.364 e. The summed E-state index contributed by atoms with van der Waals surface area (Å²) in [7, 11) is 0. The van der Waals surface area contributed by atoms with Crippen molar-refractivity contribution in [3.63, 3.8) is 0 Å². The second-order valence-corrected chi connectivity index (χ2v) is 5.32. The number of rotatable bonds is 4. The molecule has 0 atom stereocenters. The van der Waals surface area contributed by atoms with Crippen LogP contribution < -0.4 is 5.32 Å². The molecule has 1 N–H and O–H groups in total. The van der Waals surface area contributed by atoms with E-state index < -0.39 is 11.9 Å². The summed E-state index contributed by atoms with van der Waals surface area (Å²) in [6.45, 7) is 2.49. The lowest BCUT2D eigenvalue weighted by molar-refractivity contribution is -0.141. The van der Waals surface area contributed by atoms with Crippen LogP contribution in [0.15, 0.2) is 35.2 Å². The van der Waals surface area contributed by atoms with Gasteiger partial charge in [-0.3, -0.25) is 0 Å². The summed E-state index contributed by atoms with van der Waals surface area (Å²) < 4.78 is 37.1. The standard InChI is InChI=1S/C14H14F3N3S/c1-9-3-4-10(11(7-9)21-2)8-18-13-6-5-12(19-20-13)14(15,16)17/h3-7H,8H2,1-2H3,(H,18,20). The highest BCUT2D eigenvalue weighted by atomic mass is 32.2. The summed E-state index contributed by atoms with van der Waals surface area (Å²) in [5.41, 5.74) is 1.24. The molecular formula is C14H14F3N3S. The zero-order valence-corrected chi connectivity index (χ0v) is 12.3. The lowest BCUT2D eigenvalue weighted by atomic mass is 10.1. The molecule has 0 aliphatic heterocycles. The Labute approximate surface area is 125 Å². The van der Waals surface area contributed by atoms with E-state index in [4.69, 9.17) is 0 Å². The Hall–Kier alpha value is -1.76. The molecule has 1 aromatic heterocycles. The first-order valence-corrected chi connectivity index (χ1v) is 7.41. The van der Waals surface area contributed by atoms with Gasteiger partial charge in [-0.25, -0.2) is 0 Å². The molecule has 112 valence electrons. The maximum Gasteiger partial charge on any atom is 0.435 e. The predicted molar refractivity (Wildman–Crippen MR) is 77.3 cm³/mol. The number of hydrogen-bond donors (Lipinski definition) is 1. The Kier molecular flexibility index (Phi) is 4.72. The van der Waals surface area contributed by atoms with E-state index in [1.807, 2.05) is 25.3 Å². The first-order chi connectivity index (χ1) is 9.90. The molecule has 0 saturated carbocycles. The van der Waals surface area contributed by atoms with E-state index in [-0.39, 0.29) is 0 Å². The number of thioether (sulfide) groups is 1. The molecule has 0 unspecified atom stereocenters. The molecule has 0 bridgehead atoms. The van der Waals surface area contributed by atoms with Gasteiger partial charge in [-0.15, -0.1) is 22.0 Å². The van der Waals surface area contributed by atoms with Gasteiger partial charge in [0.05, 0.1) is 0 Å². The zero-order chi connectivity index (χ0) is 15.5. The van der Waals surface area contributed by atoms with Gasteiger partial charge >= 0.3 is 6.18 Å².